The van der Waals surface area contributed by atoms with Crippen LogP contribution in [0.3, 0.4) is 0 Å². The number of rotatable bonds is 3. The van der Waals surface area contributed by atoms with Crippen molar-refractivity contribution in [3.8, 4) is 11.6 Å². The summed E-state index contributed by atoms with van der Waals surface area (Å²) >= 11 is 3.17. The van der Waals surface area contributed by atoms with Gasteiger partial charge in [-0.1, -0.05) is 11.3 Å². The lowest BCUT2D eigenvalue weighted by Gasteiger charge is -1.91. The number of thiazole rings is 1. The number of nitrogens with zero attached hydrogens (tertiary/aromatic N) is 5. The van der Waals surface area contributed by atoms with E-state index < -0.39 is 0 Å². The van der Waals surface area contributed by atoms with Crippen LogP contribution in [0.2, 0.25) is 0 Å². The van der Waals surface area contributed by atoms with Gasteiger partial charge < -0.3 is 4.42 Å². The third kappa shape index (κ3) is 1.93. The first kappa shape index (κ1) is 11.7. The van der Waals surface area contributed by atoms with Crippen LogP contribution in [0.25, 0.3) is 16.5 Å². The summed E-state index contributed by atoms with van der Waals surface area (Å²) in [5.41, 5.74) is 1.04. The topological polar surface area (TPSA) is 69.1 Å². The molecule has 0 saturated heterocycles. The highest BCUT2D eigenvalue weighted by Gasteiger charge is 2.15. The quantitative estimate of drug-likeness (QED) is 0.582. The van der Waals surface area contributed by atoms with Gasteiger partial charge in [0.25, 0.3) is 0 Å². The van der Waals surface area contributed by atoms with Gasteiger partial charge in [0.15, 0.2) is 5.76 Å². The molecule has 0 unspecified atom stereocenters. The molecule has 0 N–H and O–H groups in total. The molecule has 0 saturated carbocycles. The molecule has 4 aromatic rings. The summed E-state index contributed by atoms with van der Waals surface area (Å²) in [5, 5.41) is 16.9. The van der Waals surface area contributed by atoms with Gasteiger partial charge in [-0.2, -0.15) is 9.61 Å². The SMILES string of the molecule is Cc1nc(Cc2nn3c(-c4ccco4)nnc3s2)cs1. The van der Waals surface area contributed by atoms with E-state index >= 15 is 0 Å². The zero-order valence-corrected chi connectivity index (χ0v) is 12.1. The average Bonchev–Trinajstić information content (AvgIpc) is 3.13. The third-order valence-electron chi connectivity index (χ3n) is 2.77. The molecule has 20 heavy (non-hydrogen) atoms. The van der Waals surface area contributed by atoms with Crippen molar-refractivity contribution in [2.45, 2.75) is 13.3 Å². The minimum atomic E-state index is 0.627. The Hall–Kier alpha value is -2.06. The van der Waals surface area contributed by atoms with E-state index in [1.54, 1.807) is 22.1 Å². The van der Waals surface area contributed by atoms with E-state index in [-0.39, 0.29) is 0 Å². The van der Waals surface area contributed by atoms with Crippen molar-refractivity contribution in [2.24, 2.45) is 0 Å². The molecule has 4 rings (SSSR count). The highest BCUT2D eigenvalue weighted by Crippen LogP contribution is 2.23. The second kappa shape index (κ2) is 4.50. The van der Waals surface area contributed by atoms with E-state index in [2.05, 4.69) is 25.7 Å². The summed E-state index contributed by atoms with van der Waals surface area (Å²) in [6.07, 6.45) is 2.33. The molecule has 4 heterocycles. The zero-order valence-electron chi connectivity index (χ0n) is 10.5. The summed E-state index contributed by atoms with van der Waals surface area (Å²) in [7, 11) is 0. The molecule has 0 atom stereocenters. The van der Waals surface area contributed by atoms with Crippen molar-refractivity contribution in [3.63, 3.8) is 0 Å². The molecule has 0 aliphatic heterocycles. The van der Waals surface area contributed by atoms with Gasteiger partial charge in [-0.15, -0.1) is 21.5 Å². The molecule has 100 valence electrons. The maximum Gasteiger partial charge on any atom is 0.235 e. The van der Waals surface area contributed by atoms with Crippen LogP contribution in [0, 0.1) is 6.92 Å². The fourth-order valence-corrected chi connectivity index (χ4v) is 3.39. The molecule has 0 aromatic carbocycles. The number of fused-ring (bicyclic) bond motifs is 1. The molecular weight excluding hydrogens is 294 g/mol. The monoisotopic (exact) mass is 303 g/mol. The van der Waals surface area contributed by atoms with Gasteiger partial charge in [0.1, 0.15) is 5.01 Å². The van der Waals surface area contributed by atoms with Crippen LogP contribution in [-0.2, 0) is 6.42 Å². The van der Waals surface area contributed by atoms with Crippen LogP contribution in [0.1, 0.15) is 15.7 Å². The van der Waals surface area contributed by atoms with E-state index in [1.165, 1.54) is 11.3 Å². The standard InChI is InChI=1S/C12H9N5OS2/c1-7-13-8(6-19-7)5-10-16-17-11(9-3-2-4-18-9)14-15-12(17)20-10/h2-4,6H,5H2,1H3. The maximum absolute atomic E-state index is 5.35. The lowest BCUT2D eigenvalue weighted by atomic mass is 10.3. The van der Waals surface area contributed by atoms with Crippen LogP contribution < -0.4 is 0 Å². The molecule has 0 aliphatic carbocycles. The molecule has 0 spiro atoms. The maximum atomic E-state index is 5.35. The molecule has 0 radical (unpaired) electrons. The zero-order chi connectivity index (χ0) is 13.5. The Bertz CT molecular complexity index is 858. The van der Waals surface area contributed by atoms with Gasteiger partial charge in [-0.05, 0) is 19.1 Å². The smallest absolute Gasteiger partial charge is 0.235 e. The van der Waals surface area contributed by atoms with E-state index in [1.807, 2.05) is 19.1 Å². The molecule has 6 nitrogen and oxygen atoms in total. The third-order valence-corrected chi connectivity index (χ3v) is 4.49. The largest absolute Gasteiger partial charge is 0.461 e. The Morgan fingerprint density at radius 2 is 2.30 bits per heavy atom. The van der Waals surface area contributed by atoms with Gasteiger partial charge in [-0.3, -0.25) is 0 Å². The van der Waals surface area contributed by atoms with Crippen molar-refractivity contribution in [1.29, 1.82) is 0 Å². The fraction of sp³-hybridized carbons (Fsp3) is 0.167. The second-order valence-corrected chi connectivity index (χ2v) is 6.33. The molecular formula is C12H9N5OS2. The lowest BCUT2D eigenvalue weighted by molar-refractivity contribution is 0.574. The summed E-state index contributed by atoms with van der Waals surface area (Å²) in [5.74, 6) is 1.29. The van der Waals surface area contributed by atoms with Crippen molar-refractivity contribution < 1.29 is 4.42 Å². The summed E-state index contributed by atoms with van der Waals surface area (Å²) < 4.78 is 7.07. The predicted molar refractivity (Wildman–Crippen MR) is 76.0 cm³/mol. The van der Waals surface area contributed by atoms with Gasteiger partial charge >= 0.3 is 0 Å². The van der Waals surface area contributed by atoms with E-state index in [0.29, 0.717) is 11.6 Å². The highest BCUT2D eigenvalue weighted by atomic mass is 32.1. The Labute approximate surface area is 121 Å². The van der Waals surface area contributed by atoms with Gasteiger partial charge in [0.2, 0.25) is 10.8 Å². The van der Waals surface area contributed by atoms with Crippen molar-refractivity contribution in [2.75, 3.05) is 0 Å². The Morgan fingerprint density at radius 1 is 1.35 bits per heavy atom. The number of furan rings is 1. The first-order valence-corrected chi connectivity index (χ1v) is 7.65. The highest BCUT2D eigenvalue weighted by molar-refractivity contribution is 7.16. The molecule has 4 aromatic heterocycles. The van der Waals surface area contributed by atoms with Crippen molar-refractivity contribution in [1.82, 2.24) is 24.8 Å². The minimum Gasteiger partial charge on any atom is -0.461 e. The van der Waals surface area contributed by atoms with Gasteiger partial charge in [-0.25, -0.2) is 4.98 Å². The molecule has 0 fully saturated rings. The average molecular weight is 303 g/mol. The molecule has 8 heteroatoms. The number of hydrogen-bond acceptors (Lipinski definition) is 7. The van der Waals surface area contributed by atoms with Crippen molar-refractivity contribution >= 4 is 27.6 Å². The Balaban J connectivity index is 1.72. The first-order valence-electron chi connectivity index (χ1n) is 5.95. The lowest BCUT2D eigenvalue weighted by Crippen LogP contribution is -1.93. The van der Waals surface area contributed by atoms with E-state index in [9.17, 15) is 0 Å². The van der Waals surface area contributed by atoms with E-state index in [0.717, 1.165) is 27.1 Å². The normalized spacial score (nSPS) is 11.4. The van der Waals surface area contributed by atoms with Gasteiger partial charge in [0, 0.05) is 11.8 Å². The fourth-order valence-electron chi connectivity index (χ4n) is 1.93. The van der Waals surface area contributed by atoms with Crippen LogP contribution in [0.15, 0.2) is 28.2 Å². The minimum absolute atomic E-state index is 0.627. The summed E-state index contributed by atoms with van der Waals surface area (Å²) in [4.78, 5) is 5.22. The van der Waals surface area contributed by atoms with Crippen molar-refractivity contribution in [3.05, 3.63) is 39.5 Å². The molecule has 0 aliphatic rings. The number of aryl methyl sites for hydroxylation is 1. The summed E-state index contributed by atoms with van der Waals surface area (Å²) in [6, 6.07) is 3.67. The van der Waals surface area contributed by atoms with Crippen LogP contribution >= 0.6 is 22.7 Å². The second-order valence-electron chi connectivity index (χ2n) is 4.23. The Morgan fingerprint density at radius 3 is 3.05 bits per heavy atom. The van der Waals surface area contributed by atoms with Crippen LogP contribution in [0.4, 0.5) is 0 Å². The Kier molecular flexibility index (Phi) is 2.64. The number of hydrogen-bond donors (Lipinski definition) is 0. The summed E-state index contributed by atoms with van der Waals surface area (Å²) in [6.45, 7) is 2.00. The molecule has 0 amide bonds. The van der Waals surface area contributed by atoms with Crippen LogP contribution in [-0.4, -0.2) is 24.8 Å². The predicted octanol–water partition coefficient (Wildman–Crippen LogP) is 2.80. The first-order chi connectivity index (χ1) is 9.79. The number of aromatic nitrogens is 5. The van der Waals surface area contributed by atoms with E-state index in [4.69, 9.17) is 4.42 Å². The van der Waals surface area contributed by atoms with Crippen LogP contribution in [0.5, 0.6) is 0 Å². The van der Waals surface area contributed by atoms with Gasteiger partial charge in [0.05, 0.1) is 17.0 Å². The molecule has 0 bridgehead atoms.